The van der Waals surface area contributed by atoms with Crippen LogP contribution in [0.2, 0.25) is 5.02 Å². The Hall–Kier alpha value is -1.60. The maximum atomic E-state index is 12.5. The first-order valence-electron chi connectivity index (χ1n) is 6.27. The molecule has 1 fully saturated rings. The standard InChI is InChI=1S/C14H16ClN3O/c1-14(2)4-3-5-18(12(14)7-16)13(19)10-6-11(15)9-17-8-10/h6,8-9,12H,3-5H2,1-2H3/t12-/m1/s1. The average Bonchev–Trinajstić information content (AvgIpc) is 2.36. The van der Waals surface area contributed by atoms with Gasteiger partial charge in [-0.25, -0.2) is 0 Å². The summed E-state index contributed by atoms with van der Waals surface area (Å²) >= 11 is 5.86. The fourth-order valence-corrected chi connectivity index (χ4v) is 2.72. The summed E-state index contributed by atoms with van der Waals surface area (Å²) in [6, 6.07) is 3.44. The van der Waals surface area contributed by atoms with Crippen molar-refractivity contribution in [1.82, 2.24) is 9.88 Å². The van der Waals surface area contributed by atoms with Crippen LogP contribution >= 0.6 is 11.6 Å². The molecule has 2 heterocycles. The number of hydrogen-bond donors (Lipinski definition) is 0. The zero-order valence-electron chi connectivity index (χ0n) is 11.1. The molecule has 0 saturated carbocycles. The minimum absolute atomic E-state index is 0.172. The highest BCUT2D eigenvalue weighted by atomic mass is 35.5. The Balaban J connectivity index is 2.30. The average molecular weight is 278 g/mol. The predicted octanol–water partition coefficient (Wildman–Crippen LogP) is 2.89. The third kappa shape index (κ3) is 2.71. The molecule has 1 saturated heterocycles. The number of nitriles is 1. The molecule has 1 aliphatic heterocycles. The van der Waals surface area contributed by atoms with Gasteiger partial charge >= 0.3 is 0 Å². The summed E-state index contributed by atoms with van der Waals surface area (Å²) in [6.07, 6.45) is 4.83. The van der Waals surface area contributed by atoms with Gasteiger partial charge in [0.05, 0.1) is 16.7 Å². The van der Waals surface area contributed by atoms with Crippen LogP contribution in [-0.4, -0.2) is 28.4 Å². The lowest BCUT2D eigenvalue weighted by Crippen LogP contribution is -2.51. The van der Waals surface area contributed by atoms with Gasteiger partial charge in [-0.1, -0.05) is 25.4 Å². The zero-order valence-corrected chi connectivity index (χ0v) is 11.8. The van der Waals surface area contributed by atoms with E-state index in [1.54, 1.807) is 11.0 Å². The minimum Gasteiger partial charge on any atom is -0.322 e. The summed E-state index contributed by atoms with van der Waals surface area (Å²) in [7, 11) is 0. The second-order valence-corrected chi connectivity index (χ2v) is 5.95. The molecule has 5 heteroatoms. The number of halogens is 1. The molecular weight excluding hydrogens is 262 g/mol. The van der Waals surface area contributed by atoms with Crippen LogP contribution in [0.4, 0.5) is 0 Å². The summed E-state index contributed by atoms with van der Waals surface area (Å²) in [5.74, 6) is -0.172. The lowest BCUT2D eigenvalue weighted by Gasteiger charge is -2.42. The molecule has 0 aliphatic carbocycles. The van der Waals surface area contributed by atoms with E-state index in [2.05, 4.69) is 11.1 Å². The highest BCUT2D eigenvalue weighted by Crippen LogP contribution is 2.35. The Morgan fingerprint density at radius 1 is 1.58 bits per heavy atom. The molecule has 19 heavy (non-hydrogen) atoms. The topological polar surface area (TPSA) is 57.0 Å². The van der Waals surface area contributed by atoms with E-state index < -0.39 is 6.04 Å². The van der Waals surface area contributed by atoms with Crippen molar-refractivity contribution in [1.29, 1.82) is 5.26 Å². The second-order valence-electron chi connectivity index (χ2n) is 5.51. The number of aromatic nitrogens is 1. The van der Waals surface area contributed by atoms with E-state index in [9.17, 15) is 10.1 Å². The first kappa shape index (κ1) is 13.8. The fraction of sp³-hybridized carbons (Fsp3) is 0.500. The van der Waals surface area contributed by atoms with Crippen LogP contribution in [0, 0.1) is 16.7 Å². The number of amides is 1. The smallest absolute Gasteiger partial charge is 0.256 e. The number of likely N-dealkylation sites (tertiary alicyclic amines) is 1. The highest BCUT2D eigenvalue weighted by molar-refractivity contribution is 6.30. The highest BCUT2D eigenvalue weighted by Gasteiger charge is 2.40. The number of rotatable bonds is 1. The minimum atomic E-state index is -0.410. The van der Waals surface area contributed by atoms with Crippen LogP contribution in [0.15, 0.2) is 18.5 Å². The molecule has 0 spiro atoms. The van der Waals surface area contributed by atoms with Gasteiger partial charge in [0.25, 0.3) is 5.91 Å². The Morgan fingerprint density at radius 3 is 2.95 bits per heavy atom. The fourth-order valence-electron chi connectivity index (χ4n) is 2.55. The van der Waals surface area contributed by atoms with Crippen molar-refractivity contribution >= 4 is 17.5 Å². The second kappa shape index (κ2) is 5.18. The molecule has 1 aliphatic rings. The Morgan fingerprint density at radius 2 is 2.32 bits per heavy atom. The van der Waals surface area contributed by atoms with Crippen molar-refractivity contribution in [2.45, 2.75) is 32.7 Å². The van der Waals surface area contributed by atoms with Gasteiger partial charge in [0.2, 0.25) is 0 Å². The molecule has 4 nitrogen and oxygen atoms in total. The van der Waals surface area contributed by atoms with Gasteiger partial charge < -0.3 is 4.90 Å². The number of piperidine rings is 1. The molecular formula is C14H16ClN3O. The normalized spacial score (nSPS) is 21.8. The number of nitrogens with zero attached hydrogens (tertiary/aromatic N) is 3. The lowest BCUT2D eigenvalue weighted by molar-refractivity contribution is 0.0437. The molecule has 0 bridgehead atoms. The molecule has 1 aromatic rings. The van der Waals surface area contributed by atoms with Crippen LogP contribution in [0.1, 0.15) is 37.0 Å². The van der Waals surface area contributed by atoms with Crippen molar-refractivity contribution in [2.24, 2.45) is 5.41 Å². The van der Waals surface area contributed by atoms with Crippen molar-refractivity contribution in [2.75, 3.05) is 6.54 Å². The lowest BCUT2D eigenvalue weighted by atomic mass is 9.77. The van der Waals surface area contributed by atoms with Gasteiger partial charge in [-0.2, -0.15) is 5.26 Å². The van der Waals surface area contributed by atoms with Crippen LogP contribution in [0.5, 0.6) is 0 Å². The van der Waals surface area contributed by atoms with Crippen LogP contribution < -0.4 is 0 Å². The summed E-state index contributed by atoms with van der Waals surface area (Å²) in [4.78, 5) is 18.0. The molecule has 0 unspecified atom stereocenters. The van der Waals surface area contributed by atoms with Crippen molar-refractivity contribution in [3.63, 3.8) is 0 Å². The molecule has 100 valence electrons. The zero-order chi connectivity index (χ0) is 14.0. The number of pyridine rings is 1. The molecule has 0 aromatic carbocycles. The first-order valence-corrected chi connectivity index (χ1v) is 6.64. The third-order valence-corrected chi connectivity index (χ3v) is 3.81. The number of carbonyl (C=O) groups is 1. The monoisotopic (exact) mass is 277 g/mol. The van der Waals surface area contributed by atoms with Crippen LogP contribution in [0.3, 0.4) is 0 Å². The summed E-state index contributed by atoms with van der Waals surface area (Å²) in [5.41, 5.74) is 0.250. The summed E-state index contributed by atoms with van der Waals surface area (Å²) in [5, 5.41) is 9.79. The molecule has 1 amide bonds. The van der Waals surface area contributed by atoms with Crippen molar-refractivity contribution < 1.29 is 4.79 Å². The van der Waals surface area contributed by atoms with Crippen molar-refractivity contribution in [3.05, 3.63) is 29.0 Å². The SMILES string of the molecule is CC1(C)CCCN(C(=O)c2cncc(Cl)c2)[C@@H]1C#N. The van der Waals surface area contributed by atoms with Gasteiger partial charge in [0.1, 0.15) is 6.04 Å². The largest absolute Gasteiger partial charge is 0.322 e. The molecule has 0 radical (unpaired) electrons. The molecule has 1 aromatic heterocycles. The van der Waals surface area contributed by atoms with Gasteiger partial charge in [-0.3, -0.25) is 9.78 Å². The Labute approximate surface area is 118 Å². The predicted molar refractivity (Wildman–Crippen MR) is 72.7 cm³/mol. The molecule has 0 N–H and O–H groups in total. The molecule has 1 atom stereocenters. The first-order chi connectivity index (χ1) is 8.95. The van der Waals surface area contributed by atoms with Gasteiger partial charge in [0, 0.05) is 18.9 Å². The summed E-state index contributed by atoms with van der Waals surface area (Å²) in [6.45, 7) is 4.65. The summed E-state index contributed by atoms with van der Waals surface area (Å²) < 4.78 is 0. The van der Waals surface area contributed by atoms with Crippen LogP contribution in [-0.2, 0) is 0 Å². The van der Waals surface area contributed by atoms with Crippen molar-refractivity contribution in [3.8, 4) is 6.07 Å². The van der Waals surface area contributed by atoms with E-state index in [0.29, 0.717) is 17.1 Å². The van der Waals surface area contributed by atoms with E-state index in [4.69, 9.17) is 11.6 Å². The van der Waals surface area contributed by atoms with Crippen LogP contribution in [0.25, 0.3) is 0 Å². The molecule has 2 rings (SSSR count). The Kier molecular flexibility index (Phi) is 3.77. The Bertz CT molecular complexity index is 536. The quantitative estimate of drug-likeness (QED) is 0.793. The van der Waals surface area contributed by atoms with E-state index in [0.717, 1.165) is 12.8 Å². The number of hydrogen-bond acceptors (Lipinski definition) is 3. The third-order valence-electron chi connectivity index (χ3n) is 3.61. The van der Waals surface area contributed by atoms with E-state index in [1.807, 2.05) is 13.8 Å². The van der Waals surface area contributed by atoms with Gasteiger partial charge in [-0.15, -0.1) is 0 Å². The number of carbonyl (C=O) groups excluding carboxylic acids is 1. The maximum absolute atomic E-state index is 12.5. The van der Waals surface area contributed by atoms with Gasteiger partial charge in [-0.05, 0) is 24.3 Å². The van der Waals surface area contributed by atoms with E-state index >= 15 is 0 Å². The van der Waals surface area contributed by atoms with E-state index in [-0.39, 0.29) is 11.3 Å². The van der Waals surface area contributed by atoms with Gasteiger partial charge in [0.15, 0.2) is 0 Å². The van der Waals surface area contributed by atoms with E-state index in [1.165, 1.54) is 12.4 Å². The maximum Gasteiger partial charge on any atom is 0.256 e.